The highest BCUT2D eigenvalue weighted by Gasteiger charge is 2.34. The van der Waals surface area contributed by atoms with Gasteiger partial charge in [-0.2, -0.15) is 0 Å². The Morgan fingerprint density at radius 3 is 2.20 bits per heavy atom. The molecule has 0 bridgehead atoms. The largest absolute Gasteiger partial charge is 0.426 e. The summed E-state index contributed by atoms with van der Waals surface area (Å²) >= 11 is 0. The normalized spacial score (nSPS) is 13.7. The Morgan fingerprint density at radius 2 is 1.60 bits per heavy atom. The van der Waals surface area contributed by atoms with Crippen molar-refractivity contribution in [1.82, 2.24) is 0 Å². The van der Waals surface area contributed by atoms with Crippen molar-refractivity contribution in [3.8, 4) is 5.75 Å². The third-order valence-electron chi connectivity index (χ3n) is 4.39. The van der Waals surface area contributed by atoms with Crippen LogP contribution in [-0.2, 0) is 9.53 Å². The molecule has 0 heterocycles. The Morgan fingerprint density at radius 1 is 1.00 bits per heavy atom. The van der Waals surface area contributed by atoms with E-state index in [0.717, 1.165) is 22.8 Å². The Hall–Kier alpha value is -1.87. The van der Waals surface area contributed by atoms with E-state index >= 15 is 0 Å². The zero-order chi connectivity index (χ0) is 18.8. The van der Waals surface area contributed by atoms with Gasteiger partial charge in [0.1, 0.15) is 5.75 Å². The second-order valence-corrected chi connectivity index (χ2v) is 8.66. The van der Waals surface area contributed by atoms with Gasteiger partial charge in [-0.3, -0.25) is 4.79 Å². The molecule has 0 aromatic heterocycles. The van der Waals surface area contributed by atoms with Gasteiger partial charge in [-0.05, 0) is 67.1 Å². The van der Waals surface area contributed by atoms with Crippen molar-refractivity contribution in [2.75, 3.05) is 7.11 Å². The number of methoxy groups -OCH3 is 1. The number of esters is 1. The summed E-state index contributed by atoms with van der Waals surface area (Å²) in [7, 11) is 1.71. The highest BCUT2D eigenvalue weighted by atomic mass is 16.5. The van der Waals surface area contributed by atoms with Crippen molar-refractivity contribution in [2.24, 2.45) is 10.8 Å². The first-order valence-corrected chi connectivity index (χ1v) is 8.81. The third kappa shape index (κ3) is 5.05. The van der Waals surface area contributed by atoms with Gasteiger partial charge < -0.3 is 9.47 Å². The maximum absolute atomic E-state index is 12.6. The zero-order valence-corrected chi connectivity index (χ0v) is 16.5. The van der Waals surface area contributed by atoms with Crippen LogP contribution in [0.3, 0.4) is 0 Å². The number of ether oxygens (including phenoxy) is 2. The molecule has 0 aliphatic heterocycles. The first-order valence-electron chi connectivity index (χ1n) is 8.81. The molecule has 0 spiro atoms. The van der Waals surface area contributed by atoms with Crippen LogP contribution < -0.4 is 4.74 Å². The first-order chi connectivity index (χ1) is 11.5. The van der Waals surface area contributed by atoms with Gasteiger partial charge in [-0.15, -0.1) is 0 Å². The fourth-order valence-electron chi connectivity index (χ4n) is 3.34. The highest BCUT2D eigenvalue weighted by molar-refractivity contribution is 5.86. The minimum atomic E-state index is -0.523. The van der Waals surface area contributed by atoms with E-state index in [9.17, 15) is 4.79 Å². The highest BCUT2D eigenvalue weighted by Crippen LogP contribution is 2.35. The van der Waals surface area contributed by atoms with Crippen molar-refractivity contribution >= 4 is 16.7 Å². The van der Waals surface area contributed by atoms with Crippen LogP contribution in [-0.4, -0.2) is 13.1 Å². The molecule has 0 fully saturated rings. The summed E-state index contributed by atoms with van der Waals surface area (Å²) in [6, 6.07) is 12.0. The number of carbonyl (C=O) groups is 1. The lowest BCUT2D eigenvalue weighted by molar-refractivity contribution is -0.145. The molecule has 2 aromatic rings. The molecule has 136 valence electrons. The fourth-order valence-corrected chi connectivity index (χ4v) is 3.34. The summed E-state index contributed by atoms with van der Waals surface area (Å²) < 4.78 is 11.0. The van der Waals surface area contributed by atoms with Gasteiger partial charge in [0.05, 0.1) is 11.5 Å². The molecule has 0 aliphatic rings. The maximum atomic E-state index is 12.6. The molecule has 2 rings (SSSR count). The van der Waals surface area contributed by atoms with Crippen LogP contribution in [0.1, 0.15) is 59.6 Å². The quantitative estimate of drug-likeness (QED) is 0.500. The number of hydrogen-bond donors (Lipinski definition) is 0. The topological polar surface area (TPSA) is 35.5 Å². The van der Waals surface area contributed by atoms with E-state index in [1.807, 2.05) is 51.1 Å². The van der Waals surface area contributed by atoms with E-state index < -0.39 is 5.41 Å². The van der Waals surface area contributed by atoms with Gasteiger partial charge in [-0.25, -0.2) is 0 Å². The van der Waals surface area contributed by atoms with Gasteiger partial charge in [0, 0.05) is 7.11 Å². The van der Waals surface area contributed by atoms with Crippen LogP contribution in [0.5, 0.6) is 5.75 Å². The molecular formula is C22H30O3. The minimum Gasteiger partial charge on any atom is -0.426 e. The van der Waals surface area contributed by atoms with Gasteiger partial charge in [0.25, 0.3) is 0 Å². The van der Waals surface area contributed by atoms with Crippen molar-refractivity contribution in [2.45, 2.75) is 54.1 Å². The molecule has 25 heavy (non-hydrogen) atoms. The van der Waals surface area contributed by atoms with Crippen LogP contribution in [0, 0.1) is 10.8 Å². The summed E-state index contributed by atoms with van der Waals surface area (Å²) in [5, 5.41) is 2.15. The average Bonchev–Trinajstić information content (AvgIpc) is 2.51. The summed E-state index contributed by atoms with van der Waals surface area (Å²) in [6.07, 6.45) is 0.824. The monoisotopic (exact) mass is 342 g/mol. The molecular weight excluding hydrogens is 312 g/mol. The standard InChI is InChI=1S/C22H30O3/c1-15(24-7)16-8-9-18-13-19(11-10-17(18)12-16)25-20(23)22(5,6)14-21(2,3)4/h8-13,15H,14H2,1-7H3. The molecule has 0 saturated heterocycles. The SMILES string of the molecule is COC(C)c1ccc2cc(OC(=O)C(C)(C)CC(C)(C)C)ccc2c1. The first kappa shape index (κ1) is 19.5. The molecule has 1 atom stereocenters. The number of hydrogen-bond acceptors (Lipinski definition) is 3. The Labute approximate surface area is 151 Å². The summed E-state index contributed by atoms with van der Waals surface area (Å²) in [6.45, 7) is 12.3. The van der Waals surface area contributed by atoms with Crippen LogP contribution in [0.2, 0.25) is 0 Å². The maximum Gasteiger partial charge on any atom is 0.316 e. The smallest absolute Gasteiger partial charge is 0.316 e. The molecule has 0 N–H and O–H groups in total. The molecule has 0 aliphatic carbocycles. The number of fused-ring (bicyclic) bond motifs is 1. The molecule has 0 amide bonds. The van der Waals surface area contributed by atoms with Gasteiger partial charge in [-0.1, -0.05) is 39.0 Å². The lowest BCUT2D eigenvalue weighted by Crippen LogP contribution is -2.33. The van der Waals surface area contributed by atoms with Crippen molar-refractivity contribution in [3.63, 3.8) is 0 Å². The van der Waals surface area contributed by atoms with E-state index in [1.165, 1.54) is 0 Å². The molecule has 3 nitrogen and oxygen atoms in total. The van der Waals surface area contributed by atoms with E-state index in [1.54, 1.807) is 7.11 Å². The molecule has 1 unspecified atom stereocenters. The summed E-state index contributed by atoms with van der Waals surface area (Å²) in [5.41, 5.74) is 0.678. The van der Waals surface area contributed by atoms with Crippen LogP contribution in [0.15, 0.2) is 36.4 Å². The number of carbonyl (C=O) groups excluding carboxylic acids is 1. The van der Waals surface area contributed by atoms with Crippen LogP contribution in [0.4, 0.5) is 0 Å². The van der Waals surface area contributed by atoms with Crippen LogP contribution in [0.25, 0.3) is 10.8 Å². The Bertz CT molecular complexity index is 753. The van der Waals surface area contributed by atoms with Gasteiger partial charge in [0.2, 0.25) is 0 Å². The zero-order valence-electron chi connectivity index (χ0n) is 16.5. The number of benzene rings is 2. The summed E-state index contributed by atoms with van der Waals surface area (Å²) in [5.74, 6) is 0.401. The molecule has 3 heteroatoms. The second kappa shape index (κ2) is 7.17. The van der Waals surface area contributed by atoms with E-state index in [2.05, 4.69) is 26.8 Å². The average molecular weight is 342 g/mol. The number of rotatable bonds is 5. The van der Waals surface area contributed by atoms with E-state index in [4.69, 9.17) is 9.47 Å². The fraction of sp³-hybridized carbons (Fsp3) is 0.500. The predicted octanol–water partition coefficient (Wildman–Crippen LogP) is 5.92. The lowest BCUT2D eigenvalue weighted by Gasteiger charge is -2.30. The van der Waals surface area contributed by atoms with Crippen molar-refractivity contribution in [3.05, 3.63) is 42.0 Å². The predicted molar refractivity (Wildman–Crippen MR) is 103 cm³/mol. The Kier molecular flexibility index (Phi) is 5.58. The molecule has 2 aromatic carbocycles. The lowest BCUT2D eigenvalue weighted by atomic mass is 9.76. The van der Waals surface area contributed by atoms with Crippen LogP contribution >= 0.6 is 0 Å². The van der Waals surface area contributed by atoms with E-state index in [-0.39, 0.29) is 17.5 Å². The third-order valence-corrected chi connectivity index (χ3v) is 4.39. The van der Waals surface area contributed by atoms with Gasteiger partial charge in [0.15, 0.2) is 0 Å². The second-order valence-electron chi connectivity index (χ2n) is 8.66. The van der Waals surface area contributed by atoms with Gasteiger partial charge >= 0.3 is 5.97 Å². The Balaban J connectivity index is 2.20. The minimum absolute atomic E-state index is 0.0556. The molecule has 0 radical (unpaired) electrons. The summed E-state index contributed by atoms with van der Waals surface area (Å²) in [4.78, 5) is 12.6. The molecule has 0 saturated carbocycles. The van der Waals surface area contributed by atoms with Crippen molar-refractivity contribution in [1.29, 1.82) is 0 Å². The van der Waals surface area contributed by atoms with Crippen molar-refractivity contribution < 1.29 is 14.3 Å². The van der Waals surface area contributed by atoms with E-state index in [0.29, 0.717) is 5.75 Å².